The number of hydrogen-bond acceptors (Lipinski definition) is 10. The van der Waals surface area contributed by atoms with Crippen LogP contribution in [0.4, 0.5) is 4.39 Å². The van der Waals surface area contributed by atoms with E-state index in [1.807, 2.05) is 6.92 Å². The van der Waals surface area contributed by atoms with Crippen molar-refractivity contribution in [2.75, 3.05) is 72.3 Å². The summed E-state index contributed by atoms with van der Waals surface area (Å²) in [6.07, 6.45) is 2.57. The molecule has 4 rings (SSSR count). The van der Waals surface area contributed by atoms with Gasteiger partial charge in [-0.25, -0.2) is 12.8 Å². The van der Waals surface area contributed by atoms with Crippen LogP contribution in [0.2, 0.25) is 0 Å². The summed E-state index contributed by atoms with van der Waals surface area (Å²) in [6, 6.07) is 9.77. The van der Waals surface area contributed by atoms with Gasteiger partial charge in [-0.05, 0) is 50.2 Å². The van der Waals surface area contributed by atoms with Crippen LogP contribution in [0.5, 0.6) is 17.2 Å². The zero-order valence-corrected chi connectivity index (χ0v) is 28.8. The first kappa shape index (κ1) is 37.5. The summed E-state index contributed by atoms with van der Waals surface area (Å²) >= 11 is 0. The molecule has 0 atom stereocenters. The van der Waals surface area contributed by atoms with Gasteiger partial charge < -0.3 is 43.3 Å². The maximum Gasteiger partial charge on any atom is 0.274 e. The molecule has 2 heterocycles. The molecule has 1 amide bonds. The minimum absolute atomic E-state index is 0.0169. The predicted molar refractivity (Wildman–Crippen MR) is 181 cm³/mol. The maximum atomic E-state index is 15.3. The van der Waals surface area contributed by atoms with E-state index >= 15 is 4.39 Å². The Bertz CT molecular complexity index is 1890. The number of aryl methyl sites for hydroxylation is 1. The third-order valence-corrected chi connectivity index (χ3v) is 8.27. The lowest BCUT2D eigenvalue weighted by atomic mass is 10.0. The lowest BCUT2D eigenvalue weighted by Gasteiger charge is -2.15. The minimum atomic E-state index is -3.66. The number of carbonyl (C=O) groups is 1. The predicted octanol–water partition coefficient (Wildman–Crippen LogP) is 4.08. The van der Waals surface area contributed by atoms with Gasteiger partial charge >= 0.3 is 0 Å². The van der Waals surface area contributed by atoms with Crippen LogP contribution in [-0.2, 0) is 35.8 Å². The summed E-state index contributed by atoms with van der Waals surface area (Å²) in [5.41, 5.74) is 0.547. The molecule has 15 heteroatoms. The highest BCUT2D eigenvalue weighted by atomic mass is 32.2. The van der Waals surface area contributed by atoms with Crippen LogP contribution in [0.15, 0.2) is 58.4 Å². The molecule has 0 bridgehead atoms. The van der Waals surface area contributed by atoms with Crippen molar-refractivity contribution in [1.82, 2.24) is 14.9 Å². The van der Waals surface area contributed by atoms with Crippen molar-refractivity contribution in [3.63, 3.8) is 0 Å². The standard InChI is InChI=1S/C34H42FN3O10S/c1-5-36-33(39)29-21-26-27(22-38(3)34(40)32(26)37-29)25-20-24(49(4,41)42)8-10-30(25)48-31-9-7-23(19-28(31)35)47-18-17-46-16-15-45-14-13-44-12-11-43-6-2/h7-10,19-22,37H,5-6,11-18H2,1-4H3,(H,36,39). The molecule has 0 saturated carbocycles. The number of sulfone groups is 1. The number of nitrogens with zero attached hydrogens (tertiary/aromatic N) is 1. The van der Waals surface area contributed by atoms with Crippen LogP contribution >= 0.6 is 0 Å². The summed E-state index contributed by atoms with van der Waals surface area (Å²) < 4.78 is 74.7. The third-order valence-electron chi connectivity index (χ3n) is 7.16. The van der Waals surface area contributed by atoms with Gasteiger partial charge in [-0.3, -0.25) is 9.59 Å². The number of halogens is 1. The fourth-order valence-corrected chi connectivity index (χ4v) is 5.41. The van der Waals surface area contributed by atoms with Crippen LogP contribution in [-0.4, -0.2) is 96.1 Å². The first-order chi connectivity index (χ1) is 23.5. The summed E-state index contributed by atoms with van der Waals surface area (Å²) in [6.45, 7) is 7.92. The molecule has 0 spiro atoms. The molecular formula is C34H42FN3O10S. The number of pyridine rings is 1. The minimum Gasteiger partial charge on any atom is -0.491 e. The number of aromatic amines is 1. The summed E-state index contributed by atoms with van der Waals surface area (Å²) in [4.78, 5) is 28.4. The Hall–Kier alpha value is -4.28. The smallest absolute Gasteiger partial charge is 0.274 e. The molecule has 0 aliphatic carbocycles. The van der Waals surface area contributed by atoms with E-state index in [9.17, 15) is 18.0 Å². The Morgan fingerprint density at radius 1 is 0.857 bits per heavy atom. The highest BCUT2D eigenvalue weighted by Gasteiger charge is 2.21. The Morgan fingerprint density at radius 2 is 1.49 bits per heavy atom. The van der Waals surface area contributed by atoms with E-state index < -0.39 is 27.1 Å². The van der Waals surface area contributed by atoms with Gasteiger partial charge in [-0.1, -0.05) is 0 Å². The molecule has 4 aromatic rings. The number of hydrogen-bond donors (Lipinski definition) is 2. The molecule has 0 aliphatic rings. The lowest BCUT2D eigenvalue weighted by molar-refractivity contribution is -0.00342. The molecular weight excluding hydrogens is 661 g/mol. The van der Waals surface area contributed by atoms with Gasteiger partial charge in [0.2, 0.25) is 0 Å². The number of nitrogens with one attached hydrogen (secondary N) is 2. The third kappa shape index (κ3) is 10.4. The van der Waals surface area contributed by atoms with Gasteiger partial charge in [0.15, 0.2) is 21.4 Å². The molecule has 2 aromatic carbocycles. The summed E-state index contributed by atoms with van der Waals surface area (Å²) in [5.74, 6) is -0.905. The second kappa shape index (κ2) is 17.9. The molecule has 266 valence electrons. The fraction of sp³-hybridized carbons (Fsp3) is 0.412. The first-order valence-electron chi connectivity index (χ1n) is 15.8. The molecule has 0 unspecified atom stereocenters. The van der Waals surface area contributed by atoms with Crippen molar-refractivity contribution >= 4 is 26.6 Å². The molecule has 0 fully saturated rings. The van der Waals surface area contributed by atoms with Gasteiger partial charge in [-0.2, -0.15) is 0 Å². The lowest BCUT2D eigenvalue weighted by Crippen LogP contribution is -2.23. The Balaban J connectivity index is 1.45. The van der Waals surface area contributed by atoms with Crippen molar-refractivity contribution < 1.29 is 46.0 Å². The van der Waals surface area contributed by atoms with Gasteiger partial charge in [0.1, 0.15) is 29.3 Å². The maximum absolute atomic E-state index is 15.3. The van der Waals surface area contributed by atoms with E-state index in [1.54, 1.807) is 6.92 Å². The summed E-state index contributed by atoms with van der Waals surface area (Å²) in [7, 11) is -2.13. The van der Waals surface area contributed by atoms with Crippen LogP contribution in [0.3, 0.4) is 0 Å². The molecule has 49 heavy (non-hydrogen) atoms. The van der Waals surface area contributed by atoms with Gasteiger partial charge in [0.25, 0.3) is 11.5 Å². The van der Waals surface area contributed by atoms with Crippen molar-refractivity contribution in [1.29, 1.82) is 0 Å². The SMILES string of the molecule is CCNC(=O)c1cc2c(-c3cc(S(C)(=O)=O)ccc3Oc3ccc(OCCOCCOCCOCCOCC)cc3F)cn(C)c(=O)c2[nH]1. The van der Waals surface area contributed by atoms with E-state index in [0.29, 0.717) is 63.7 Å². The topological polar surface area (TPSA) is 156 Å². The van der Waals surface area contributed by atoms with E-state index in [4.69, 9.17) is 28.4 Å². The van der Waals surface area contributed by atoms with Crippen LogP contribution in [0, 0.1) is 5.82 Å². The van der Waals surface area contributed by atoms with Gasteiger partial charge in [-0.15, -0.1) is 0 Å². The average molecular weight is 704 g/mol. The molecule has 0 aliphatic heterocycles. The molecule has 0 radical (unpaired) electrons. The number of benzene rings is 2. The highest BCUT2D eigenvalue weighted by molar-refractivity contribution is 7.90. The van der Waals surface area contributed by atoms with Crippen molar-refractivity contribution in [2.24, 2.45) is 7.05 Å². The zero-order valence-electron chi connectivity index (χ0n) is 28.0. The van der Waals surface area contributed by atoms with Crippen LogP contribution in [0.25, 0.3) is 22.0 Å². The van der Waals surface area contributed by atoms with Crippen molar-refractivity contribution in [3.05, 3.63) is 70.5 Å². The molecule has 2 N–H and O–H groups in total. The van der Waals surface area contributed by atoms with Crippen molar-refractivity contribution in [3.8, 4) is 28.4 Å². The number of carbonyl (C=O) groups excluding carboxylic acids is 1. The average Bonchev–Trinajstić information content (AvgIpc) is 3.52. The van der Waals surface area contributed by atoms with E-state index in [-0.39, 0.29) is 52.1 Å². The Kier molecular flexibility index (Phi) is 13.7. The van der Waals surface area contributed by atoms with E-state index in [0.717, 1.165) is 6.26 Å². The Labute approximate surface area is 284 Å². The number of amides is 1. The number of H-pyrrole nitrogens is 1. The number of aromatic nitrogens is 2. The van der Waals surface area contributed by atoms with Crippen LogP contribution < -0.4 is 20.3 Å². The van der Waals surface area contributed by atoms with Gasteiger partial charge in [0, 0.05) is 55.2 Å². The van der Waals surface area contributed by atoms with Crippen molar-refractivity contribution in [2.45, 2.75) is 18.7 Å². The summed E-state index contributed by atoms with van der Waals surface area (Å²) in [5, 5.41) is 3.04. The monoisotopic (exact) mass is 703 g/mol. The fourth-order valence-electron chi connectivity index (χ4n) is 4.76. The molecule has 2 aromatic heterocycles. The second-order valence-corrected chi connectivity index (χ2v) is 12.8. The van der Waals surface area contributed by atoms with E-state index in [2.05, 4.69) is 10.3 Å². The normalized spacial score (nSPS) is 11.6. The molecule has 13 nitrogen and oxygen atoms in total. The zero-order chi connectivity index (χ0) is 35.4. The second-order valence-electron chi connectivity index (χ2n) is 10.8. The van der Waals surface area contributed by atoms with Gasteiger partial charge in [0.05, 0.1) is 51.1 Å². The number of rotatable bonds is 20. The quantitative estimate of drug-likeness (QED) is 0.129. The largest absolute Gasteiger partial charge is 0.491 e. The molecule has 0 saturated heterocycles. The number of fused-ring (bicyclic) bond motifs is 1. The van der Waals surface area contributed by atoms with E-state index in [1.165, 1.54) is 60.3 Å². The highest BCUT2D eigenvalue weighted by Crippen LogP contribution is 2.39. The van der Waals surface area contributed by atoms with Crippen LogP contribution in [0.1, 0.15) is 24.3 Å². The number of ether oxygens (including phenoxy) is 6. The Morgan fingerprint density at radius 3 is 2.10 bits per heavy atom. The first-order valence-corrected chi connectivity index (χ1v) is 17.7.